The number of hydrogen-bond donors (Lipinski definition) is 1. The second kappa shape index (κ2) is 7.70. The van der Waals surface area contributed by atoms with Crippen LogP contribution in [0.4, 0.5) is 5.69 Å². The zero-order chi connectivity index (χ0) is 19.8. The average Bonchev–Trinajstić information content (AvgIpc) is 3.12. The molecule has 144 valence electrons. The van der Waals surface area contributed by atoms with Crippen LogP contribution >= 0.6 is 24.4 Å². The topological polar surface area (TPSA) is 86.5 Å². The van der Waals surface area contributed by atoms with Crippen LogP contribution in [-0.2, 0) is 14.3 Å². The zero-order valence-electron chi connectivity index (χ0n) is 15.5. The molecule has 2 unspecified atom stereocenters. The second-order valence-electron chi connectivity index (χ2n) is 7.07. The third kappa shape index (κ3) is 3.53. The van der Waals surface area contributed by atoms with Gasteiger partial charge in [-0.1, -0.05) is 0 Å². The molecule has 3 heterocycles. The maximum Gasteiger partial charge on any atom is 0.309 e. The van der Waals surface area contributed by atoms with Gasteiger partial charge < -0.3 is 4.74 Å². The summed E-state index contributed by atoms with van der Waals surface area (Å²) in [6.07, 6.45) is 4.75. The highest BCUT2D eigenvalue weighted by atomic mass is 32.2. The Balaban J connectivity index is 1.84. The molecule has 1 amide bonds. The lowest BCUT2D eigenvalue weighted by Gasteiger charge is -2.31. The Hall–Kier alpha value is -1.76. The minimum Gasteiger partial charge on any atom is -0.465 e. The highest BCUT2D eigenvalue weighted by molar-refractivity contribution is 7.98. The summed E-state index contributed by atoms with van der Waals surface area (Å²) in [4.78, 5) is 33.3. The molecule has 2 aliphatic heterocycles. The monoisotopic (exact) mass is 406 g/mol. The summed E-state index contributed by atoms with van der Waals surface area (Å²) < 4.78 is 5.03. The predicted molar refractivity (Wildman–Crippen MR) is 105 cm³/mol. The number of rotatable bonds is 5. The Bertz CT molecular complexity index is 808. The fraction of sp³-hybridized carbons (Fsp3) is 0.556. The Morgan fingerprint density at radius 2 is 2.22 bits per heavy atom. The normalized spacial score (nSPS) is 24.9. The van der Waals surface area contributed by atoms with Crippen LogP contribution in [0, 0.1) is 17.2 Å². The maximum absolute atomic E-state index is 13.1. The van der Waals surface area contributed by atoms with Crippen LogP contribution in [0.25, 0.3) is 0 Å². The van der Waals surface area contributed by atoms with Crippen molar-refractivity contribution in [2.45, 2.75) is 42.6 Å². The molecule has 0 spiro atoms. The third-order valence-corrected chi connectivity index (χ3v) is 6.44. The van der Waals surface area contributed by atoms with E-state index in [0.29, 0.717) is 35.8 Å². The molecule has 7 nitrogen and oxygen atoms in total. The van der Waals surface area contributed by atoms with Crippen molar-refractivity contribution in [1.82, 2.24) is 9.88 Å². The van der Waals surface area contributed by atoms with E-state index in [1.807, 2.05) is 25.0 Å². The number of amides is 1. The minimum atomic E-state index is -0.762. The van der Waals surface area contributed by atoms with Crippen LogP contribution in [0.15, 0.2) is 17.2 Å². The van der Waals surface area contributed by atoms with Crippen molar-refractivity contribution in [1.29, 1.82) is 5.26 Å². The fourth-order valence-corrected chi connectivity index (χ4v) is 4.67. The van der Waals surface area contributed by atoms with E-state index in [-0.39, 0.29) is 17.8 Å². The van der Waals surface area contributed by atoms with E-state index in [0.717, 1.165) is 6.42 Å². The minimum absolute atomic E-state index is 0.0879. The van der Waals surface area contributed by atoms with Gasteiger partial charge in [0.1, 0.15) is 11.6 Å². The summed E-state index contributed by atoms with van der Waals surface area (Å²) in [5.41, 5.74) is -0.291. The van der Waals surface area contributed by atoms with Gasteiger partial charge in [0, 0.05) is 11.4 Å². The third-order valence-electron chi connectivity index (χ3n) is 5.17. The van der Waals surface area contributed by atoms with Crippen LogP contribution in [-0.4, -0.2) is 52.2 Å². The molecule has 1 aromatic rings. The van der Waals surface area contributed by atoms with E-state index < -0.39 is 11.0 Å². The van der Waals surface area contributed by atoms with Gasteiger partial charge in [0.2, 0.25) is 5.91 Å². The van der Waals surface area contributed by atoms with E-state index in [2.05, 4.69) is 11.1 Å². The number of pyridine rings is 1. The number of hydrogen-bond acceptors (Lipinski definition) is 8. The van der Waals surface area contributed by atoms with Crippen LogP contribution in [0.2, 0.25) is 0 Å². The fourth-order valence-electron chi connectivity index (χ4n) is 3.50. The van der Waals surface area contributed by atoms with Crippen molar-refractivity contribution < 1.29 is 14.3 Å². The van der Waals surface area contributed by atoms with Gasteiger partial charge in [0.05, 0.1) is 29.9 Å². The van der Waals surface area contributed by atoms with E-state index in [1.54, 1.807) is 11.0 Å². The lowest BCUT2D eigenvalue weighted by Crippen LogP contribution is -2.45. The molecule has 27 heavy (non-hydrogen) atoms. The summed E-state index contributed by atoms with van der Waals surface area (Å²) >= 11 is 6.10. The van der Waals surface area contributed by atoms with Crippen molar-refractivity contribution in [3.05, 3.63) is 18.0 Å². The summed E-state index contributed by atoms with van der Waals surface area (Å²) in [6.45, 7) is 4.75. The van der Waals surface area contributed by atoms with Crippen LogP contribution in [0.5, 0.6) is 0 Å². The number of nitrogens with zero attached hydrogens (tertiary/aromatic N) is 4. The number of esters is 1. The van der Waals surface area contributed by atoms with Gasteiger partial charge in [0.15, 0.2) is 5.69 Å². The second-order valence-corrected chi connectivity index (χ2v) is 8.38. The molecule has 0 saturated carbocycles. The van der Waals surface area contributed by atoms with E-state index >= 15 is 0 Å². The Morgan fingerprint density at radius 1 is 1.48 bits per heavy atom. The number of thioether (sulfide) groups is 1. The van der Waals surface area contributed by atoms with E-state index in [9.17, 15) is 9.59 Å². The quantitative estimate of drug-likeness (QED) is 0.456. The first-order valence-corrected chi connectivity index (χ1v) is 10.4. The molecule has 2 fully saturated rings. The highest BCUT2D eigenvalue weighted by Gasteiger charge is 2.51. The zero-order valence-corrected chi connectivity index (χ0v) is 17.2. The molecule has 2 atom stereocenters. The number of nitriles is 1. The lowest BCUT2D eigenvalue weighted by atomic mass is 10.0. The van der Waals surface area contributed by atoms with Gasteiger partial charge in [-0.3, -0.25) is 19.4 Å². The molecule has 3 rings (SSSR count). The van der Waals surface area contributed by atoms with Crippen molar-refractivity contribution in [2.75, 3.05) is 24.3 Å². The van der Waals surface area contributed by atoms with Gasteiger partial charge >= 0.3 is 5.97 Å². The molecule has 0 radical (unpaired) electrons. The van der Waals surface area contributed by atoms with E-state index in [4.69, 9.17) is 22.6 Å². The summed E-state index contributed by atoms with van der Waals surface area (Å²) in [7, 11) is 0. The smallest absolute Gasteiger partial charge is 0.309 e. The molecule has 2 saturated heterocycles. The molecule has 0 N–H and O–H groups in total. The first-order valence-electron chi connectivity index (χ1n) is 8.70. The first kappa shape index (κ1) is 20.0. The predicted octanol–water partition coefficient (Wildman–Crippen LogP) is 2.27. The molecule has 1 aromatic heterocycles. The van der Waals surface area contributed by atoms with Crippen LogP contribution < -0.4 is 4.90 Å². The van der Waals surface area contributed by atoms with Crippen LogP contribution in [0.3, 0.4) is 0 Å². The molecule has 0 aliphatic carbocycles. The molecular weight excluding hydrogens is 384 g/mol. The first-order chi connectivity index (χ1) is 12.8. The number of thiol groups is 1. The number of ether oxygens (including phenoxy) is 1. The molecule has 9 heteroatoms. The van der Waals surface area contributed by atoms with Crippen molar-refractivity contribution in [3.63, 3.8) is 0 Å². The SMILES string of the molecule is CSc1cc(N2C(=O)C(C)(C)N(CCC3CCOC3=O)C2S)cnc1C#N. The highest BCUT2D eigenvalue weighted by Crippen LogP contribution is 2.38. The van der Waals surface area contributed by atoms with E-state index in [1.165, 1.54) is 18.0 Å². The standard InChI is InChI=1S/C18H22N4O3S2/c1-18(2)16(24)22(12-8-14(27-3)13(9-19)20-10-12)17(26)21(18)6-4-11-5-7-25-15(11)23/h8,10-11,17,26H,4-7H2,1-3H3. The largest absolute Gasteiger partial charge is 0.465 e. The number of carbonyl (C=O) groups excluding carboxylic acids is 2. The summed E-state index contributed by atoms with van der Waals surface area (Å²) in [5, 5.41) is 9.16. The maximum atomic E-state index is 13.1. The molecule has 0 bridgehead atoms. The summed E-state index contributed by atoms with van der Waals surface area (Å²) in [5.74, 6) is -0.368. The Kier molecular flexibility index (Phi) is 5.70. The number of carbonyl (C=O) groups is 2. The molecule has 2 aliphatic rings. The summed E-state index contributed by atoms with van der Waals surface area (Å²) in [6, 6.07) is 3.86. The number of aromatic nitrogens is 1. The molecular formula is C18H22N4O3S2. The Morgan fingerprint density at radius 3 is 2.81 bits per heavy atom. The molecule has 0 aromatic carbocycles. The number of anilines is 1. The van der Waals surface area contributed by atoms with Crippen molar-refractivity contribution >= 4 is 42.0 Å². The van der Waals surface area contributed by atoms with Crippen molar-refractivity contribution in [3.8, 4) is 6.07 Å². The van der Waals surface area contributed by atoms with Gasteiger partial charge in [0.25, 0.3) is 0 Å². The van der Waals surface area contributed by atoms with Gasteiger partial charge in [-0.25, -0.2) is 4.98 Å². The van der Waals surface area contributed by atoms with Crippen LogP contribution in [0.1, 0.15) is 32.4 Å². The lowest BCUT2D eigenvalue weighted by molar-refractivity contribution is -0.141. The average molecular weight is 407 g/mol. The number of cyclic esters (lactones) is 1. The van der Waals surface area contributed by atoms with Crippen molar-refractivity contribution in [2.24, 2.45) is 5.92 Å². The van der Waals surface area contributed by atoms with Gasteiger partial charge in [-0.15, -0.1) is 24.4 Å². The Labute approximate surface area is 168 Å². The van der Waals surface area contributed by atoms with Gasteiger partial charge in [-0.2, -0.15) is 5.26 Å². The van der Waals surface area contributed by atoms with Gasteiger partial charge in [-0.05, 0) is 39.0 Å².